The third-order valence-electron chi connectivity index (χ3n) is 3.23. The lowest BCUT2D eigenvalue weighted by Crippen LogP contribution is -1.85. The minimum absolute atomic E-state index is 1.09. The standard InChI is InChI=1S/C16H14/c1-2-12-11-13-7-3-4-9-15(13)16-10-6-5-8-14(12)16/h3-11H,2H2,1H3. The van der Waals surface area contributed by atoms with Gasteiger partial charge in [-0.2, -0.15) is 0 Å². The fourth-order valence-electron chi connectivity index (χ4n) is 2.42. The molecule has 0 saturated carbocycles. The first-order valence-corrected chi connectivity index (χ1v) is 5.79. The zero-order valence-electron chi connectivity index (χ0n) is 9.40. The molecule has 0 aromatic heterocycles. The van der Waals surface area contributed by atoms with Gasteiger partial charge >= 0.3 is 0 Å². The lowest BCUT2D eigenvalue weighted by Gasteiger charge is -2.08. The van der Waals surface area contributed by atoms with Crippen LogP contribution in [0.4, 0.5) is 0 Å². The van der Waals surface area contributed by atoms with E-state index in [2.05, 4.69) is 61.5 Å². The molecule has 3 aromatic rings. The van der Waals surface area contributed by atoms with Gasteiger partial charge in [0.15, 0.2) is 0 Å². The van der Waals surface area contributed by atoms with Gasteiger partial charge in [-0.15, -0.1) is 0 Å². The van der Waals surface area contributed by atoms with Gasteiger partial charge in [-0.3, -0.25) is 0 Å². The summed E-state index contributed by atoms with van der Waals surface area (Å²) in [5.74, 6) is 0. The predicted molar refractivity (Wildman–Crippen MR) is 70.8 cm³/mol. The second kappa shape index (κ2) is 3.64. The van der Waals surface area contributed by atoms with Crippen LogP contribution in [0.1, 0.15) is 12.5 Å². The Labute approximate surface area is 95.5 Å². The molecule has 0 spiro atoms. The molecule has 0 fully saturated rings. The van der Waals surface area contributed by atoms with E-state index in [1.165, 1.54) is 27.1 Å². The van der Waals surface area contributed by atoms with E-state index in [0.717, 1.165) is 6.42 Å². The molecule has 0 atom stereocenters. The van der Waals surface area contributed by atoms with E-state index < -0.39 is 0 Å². The third-order valence-corrected chi connectivity index (χ3v) is 3.23. The van der Waals surface area contributed by atoms with Crippen molar-refractivity contribution in [1.82, 2.24) is 0 Å². The van der Waals surface area contributed by atoms with E-state index in [-0.39, 0.29) is 0 Å². The second-order valence-corrected chi connectivity index (χ2v) is 4.16. The summed E-state index contributed by atoms with van der Waals surface area (Å²) in [7, 11) is 0. The average Bonchev–Trinajstić information content (AvgIpc) is 2.38. The Balaban J connectivity index is 2.57. The molecule has 0 heterocycles. The van der Waals surface area contributed by atoms with Gasteiger partial charge in [0.1, 0.15) is 0 Å². The van der Waals surface area contributed by atoms with Crippen molar-refractivity contribution in [3.05, 3.63) is 60.2 Å². The van der Waals surface area contributed by atoms with Gasteiger partial charge in [0.25, 0.3) is 0 Å². The first-order chi connectivity index (χ1) is 7.90. The van der Waals surface area contributed by atoms with Crippen LogP contribution in [0.5, 0.6) is 0 Å². The third kappa shape index (κ3) is 1.30. The maximum Gasteiger partial charge on any atom is -0.0103 e. The largest absolute Gasteiger partial charge is 0.0616 e. The van der Waals surface area contributed by atoms with Crippen molar-refractivity contribution in [1.29, 1.82) is 0 Å². The summed E-state index contributed by atoms with van der Waals surface area (Å²) in [4.78, 5) is 0. The fraction of sp³-hybridized carbons (Fsp3) is 0.125. The topological polar surface area (TPSA) is 0 Å². The average molecular weight is 206 g/mol. The molecule has 78 valence electrons. The summed E-state index contributed by atoms with van der Waals surface area (Å²) in [6.45, 7) is 2.22. The Morgan fingerprint density at radius 1 is 0.750 bits per heavy atom. The maximum atomic E-state index is 2.32. The van der Waals surface area contributed by atoms with Crippen LogP contribution in [0.3, 0.4) is 0 Å². The summed E-state index contributed by atoms with van der Waals surface area (Å²) < 4.78 is 0. The molecule has 0 amide bonds. The Morgan fingerprint density at radius 2 is 1.38 bits per heavy atom. The van der Waals surface area contributed by atoms with Crippen LogP contribution in [-0.2, 0) is 6.42 Å². The van der Waals surface area contributed by atoms with Gasteiger partial charge in [-0.25, -0.2) is 0 Å². The predicted octanol–water partition coefficient (Wildman–Crippen LogP) is 4.56. The quantitative estimate of drug-likeness (QED) is 0.512. The molecule has 0 N–H and O–H groups in total. The van der Waals surface area contributed by atoms with Gasteiger partial charge in [0, 0.05) is 0 Å². The van der Waals surface area contributed by atoms with Gasteiger partial charge in [0.2, 0.25) is 0 Å². The molecule has 0 unspecified atom stereocenters. The first kappa shape index (κ1) is 9.41. The van der Waals surface area contributed by atoms with Crippen LogP contribution < -0.4 is 0 Å². The normalized spacial score (nSPS) is 11.1. The number of hydrogen-bond acceptors (Lipinski definition) is 0. The Morgan fingerprint density at radius 3 is 2.12 bits per heavy atom. The van der Waals surface area contributed by atoms with Gasteiger partial charge in [0.05, 0.1) is 0 Å². The molecule has 16 heavy (non-hydrogen) atoms. The van der Waals surface area contributed by atoms with E-state index in [4.69, 9.17) is 0 Å². The molecule has 3 aromatic carbocycles. The van der Waals surface area contributed by atoms with Gasteiger partial charge < -0.3 is 0 Å². The highest BCUT2D eigenvalue weighted by molar-refractivity contribution is 6.08. The van der Waals surface area contributed by atoms with Crippen LogP contribution in [-0.4, -0.2) is 0 Å². The summed E-state index contributed by atoms with van der Waals surface area (Å²) in [5.41, 5.74) is 1.44. The highest BCUT2D eigenvalue weighted by Crippen LogP contribution is 2.28. The lowest BCUT2D eigenvalue weighted by molar-refractivity contribution is 1.16. The van der Waals surface area contributed by atoms with Crippen molar-refractivity contribution in [3.63, 3.8) is 0 Å². The molecule has 0 bridgehead atoms. The number of hydrogen-bond donors (Lipinski definition) is 0. The van der Waals surface area contributed by atoms with Crippen molar-refractivity contribution >= 4 is 21.5 Å². The molecule has 0 saturated heterocycles. The van der Waals surface area contributed by atoms with E-state index >= 15 is 0 Å². The number of aryl methyl sites for hydroxylation is 1. The molecular weight excluding hydrogens is 192 g/mol. The summed E-state index contributed by atoms with van der Waals surface area (Å²) in [6.07, 6.45) is 1.09. The molecule has 0 aliphatic carbocycles. The number of fused-ring (bicyclic) bond motifs is 3. The molecule has 3 rings (SSSR count). The molecule has 0 radical (unpaired) electrons. The zero-order valence-corrected chi connectivity index (χ0v) is 9.40. The van der Waals surface area contributed by atoms with Crippen LogP contribution in [0.25, 0.3) is 21.5 Å². The second-order valence-electron chi connectivity index (χ2n) is 4.16. The minimum atomic E-state index is 1.09. The minimum Gasteiger partial charge on any atom is -0.0616 e. The van der Waals surface area contributed by atoms with Gasteiger partial charge in [-0.1, -0.05) is 61.5 Å². The molecule has 0 nitrogen and oxygen atoms in total. The highest BCUT2D eigenvalue weighted by Gasteiger charge is 2.03. The van der Waals surface area contributed by atoms with E-state index in [1.54, 1.807) is 0 Å². The molecule has 0 aliphatic rings. The molecule has 0 heteroatoms. The molecular formula is C16H14. The van der Waals surface area contributed by atoms with E-state index in [0.29, 0.717) is 0 Å². The summed E-state index contributed by atoms with van der Waals surface area (Å²) >= 11 is 0. The smallest absolute Gasteiger partial charge is 0.0103 e. The fourth-order valence-corrected chi connectivity index (χ4v) is 2.42. The first-order valence-electron chi connectivity index (χ1n) is 5.79. The van der Waals surface area contributed by atoms with Crippen LogP contribution in [0, 0.1) is 0 Å². The Kier molecular flexibility index (Phi) is 2.14. The SMILES string of the molecule is CCc1cc2ccccc2c2ccccc12. The number of benzene rings is 3. The van der Waals surface area contributed by atoms with Crippen molar-refractivity contribution in [2.45, 2.75) is 13.3 Å². The summed E-state index contributed by atoms with van der Waals surface area (Å²) in [5, 5.41) is 5.47. The van der Waals surface area contributed by atoms with Crippen molar-refractivity contribution in [2.24, 2.45) is 0 Å². The van der Waals surface area contributed by atoms with Crippen molar-refractivity contribution in [2.75, 3.05) is 0 Å². The molecule has 0 aliphatic heterocycles. The van der Waals surface area contributed by atoms with Crippen LogP contribution >= 0.6 is 0 Å². The van der Waals surface area contributed by atoms with Crippen molar-refractivity contribution < 1.29 is 0 Å². The monoisotopic (exact) mass is 206 g/mol. The Bertz CT molecular complexity index is 650. The van der Waals surface area contributed by atoms with Crippen LogP contribution in [0.2, 0.25) is 0 Å². The van der Waals surface area contributed by atoms with Gasteiger partial charge in [-0.05, 0) is 33.5 Å². The van der Waals surface area contributed by atoms with Crippen molar-refractivity contribution in [3.8, 4) is 0 Å². The Hall–Kier alpha value is -1.82. The zero-order chi connectivity index (χ0) is 11.0. The van der Waals surface area contributed by atoms with E-state index in [9.17, 15) is 0 Å². The summed E-state index contributed by atoms with van der Waals surface area (Å²) in [6, 6.07) is 19.6. The van der Waals surface area contributed by atoms with Crippen LogP contribution in [0.15, 0.2) is 54.6 Å². The number of rotatable bonds is 1. The van der Waals surface area contributed by atoms with E-state index in [1.807, 2.05) is 0 Å². The maximum absolute atomic E-state index is 2.32. The highest BCUT2D eigenvalue weighted by atomic mass is 14.1. The lowest BCUT2D eigenvalue weighted by atomic mass is 9.96.